The minimum Gasteiger partial charge on any atom is -0.350 e. The summed E-state index contributed by atoms with van der Waals surface area (Å²) in [5.41, 5.74) is 0.510. The van der Waals surface area contributed by atoms with Gasteiger partial charge in [-0.2, -0.15) is 5.10 Å². The molecule has 0 saturated carbocycles. The van der Waals surface area contributed by atoms with E-state index in [-0.39, 0.29) is 5.91 Å². The van der Waals surface area contributed by atoms with E-state index in [0.717, 1.165) is 11.8 Å². The first-order valence-electron chi connectivity index (χ1n) is 4.57. The molecule has 0 saturated heterocycles. The zero-order chi connectivity index (χ0) is 10.4. The van der Waals surface area contributed by atoms with Crippen LogP contribution < -0.4 is 5.32 Å². The Labute approximate surface area is 91.6 Å². The van der Waals surface area contributed by atoms with Gasteiger partial charge in [0.25, 0.3) is 5.91 Å². The number of hydrogen-bond donors (Lipinski definition) is 2. The van der Waals surface area contributed by atoms with Crippen LogP contribution in [-0.2, 0) is 0 Å². The number of H-pyrrole nitrogens is 1. The number of halogens is 1. The van der Waals surface area contributed by atoms with Crippen LogP contribution in [0.3, 0.4) is 0 Å². The maximum Gasteiger partial charge on any atom is 0.269 e. The first kappa shape index (κ1) is 11.2. The Kier molecular flexibility index (Phi) is 4.65. The molecular weight excluding hydrogens is 246 g/mol. The lowest BCUT2D eigenvalue weighted by Gasteiger charge is -2.09. The van der Waals surface area contributed by atoms with Crippen molar-refractivity contribution in [1.82, 2.24) is 15.5 Å². The highest BCUT2D eigenvalue weighted by Crippen LogP contribution is 2.02. The minimum absolute atomic E-state index is 0.0936. The van der Waals surface area contributed by atoms with Crippen LogP contribution in [0, 0.1) is 5.92 Å². The first-order chi connectivity index (χ1) is 6.74. The van der Waals surface area contributed by atoms with E-state index < -0.39 is 0 Å². The van der Waals surface area contributed by atoms with E-state index in [1.165, 1.54) is 0 Å². The summed E-state index contributed by atoms with van der Waals surface area (Å²) in [6, 6.07) is 1.66. The first-order valence-corrected chi connectivity index (χ1v) is 5.69. The Morgan fingerprint density at radius 2 is 2.57 bits per heavy atom. The molecule has 1 aromatic rings. The standard InChI is InChI=1S/C9H14BrN3O/c1-7(2-4-10)6-11-9(14)8-3-5-12-13-8/h3,5,7H,2,4,6H2,1H3,(H,11,14)(H,12,13). The fraction of sp³-hybridized carbons (Fsp3) is 0.556. The van der Waals surface area contributed by atoms with Crippen molar-refractivity contribution in [3.05, 3.63) is 18.0 Å². The predicted octanol–water partition coefficient (Wildman–Crippen LogP) is 1.56. The number of hydrogen-bond acceptors (Lipinski definition) is 2. The Morgan fingerprint density at radius 3 is 3.14 bits per heavy atom. The summed E-state index contributed by atoms with van der Waals surface area (Å²) >= 11 is 3.37. The largest absolute Gasteiger partial charge is 0.350 e. The van der Waals surface area contributed by atoms with Crippen LogP contribution in [-0.4, -0.2) is 28.0 Å². The van der Waals surface area contributed by atoms with Crippen molar-refractivity contribution in [3.8, 4) is 0 Å². The molecule has 1 atom stereocenters. The number of alkyl halides is 1. The maximum absolute atomic E-state index is 11.4. The highest BCUT2D eigenvalue weighted by Gasteiger charge is 2.07. The molecule has 1 heterocycles. The lowest BCUT2D eigenvalue weighted by Crippen LogP contribution is -2.28. The van der Waals surface area contributed by atoms with Crippen LogP contribution in [0.2, 0.25) is 0 Å². The fourth-order valence-electron chi connectivity index (χ4n) is 1.03. The van der Waals surface area contributed by atoms with Crippen molar-refractivity contribution in [2.45, 2.75) is 13.3 Å². The van der Waals surface area contributed by atoms with Crippen LogP contribution in [0.1, 0.15) is 23.8 Å². The molecular formula is C9H14BrN3O. The van der Waals surface area contributed by atoms with Gasteiger partial charge >= 0.3 is 0 Å². The number of amides is 1. The summed E-state index contributed by atoms with van der Waals surface area (Å²) in [6.07, 6.45) is 2.63. The predicted molar refractivity (Wildman–Crippen MR) is 58.5 cm³/mol. The van der Waals surface area contributed by atoms with Crippen molar-refractivity contribution in [3.63, 3.8) is 0 Å². The van der Waals surface area contributed by atoms with Gasteiger partial charge in [0.15, 0.2) is 0 Å². The molecule has 78 valence electrons. The minimum atomic E-state index is -0.0936. The van der Waals surface area contributed by atoms with Crippen molar-refractivity contribution in [2.75, 3.05) is 11.9 Å². The van der Waals surface area contributed by atoms with Crippen LogP contribution >= 0.6 is 15.9 Å². The normalized spacial score (nSPS) is 12.4. The molecule has 5 heteroatoms. The molecule has 4 nitrogen and oxygen atoms in total. The van der Waals surface area contributed by atoms with E-state index in [9.17, 15) is 4.79 Å². The molecule has 1 unspecified atom stereocenters. The molecule has 0 fully saturated rings. The number of nitrogens with zero attached hydrogens (tertiary/aromatic N) is 1. The summed E-state index contributed by atoms with van der Waals surface area (Å²) < 4.78 is 0. The summed E-state index contributed by atoms with van der Waals surface area (Å²) in [5.74, 6) is 0.394. The molecule has 1 aromatic heterocycles. The molecule has 1 amide bonds. The molecule has 0 aromatic carbocycles. The zero-order valence-electron chi connectivity index (χ0n) is 8.09. The number of aromatic amines is 1. The van der Waals surface area contributed by atoms with Crippen molar-refractivity contribution in [2.24, 2.45) is 5.92 Å². The maximum atomic E-state index is 11.4. The number of nitrogens with one attached hydrogen (secondary N) is 2. The smallest absolute Gasteiger partial charge is 0.269 e. The van der Waals surface area contributed by atoms with E-state index >= 15 is 0 Å². The highest BCUT2D eigenvalue weighted by atomic mass is 79.9. The molecule has 0 bridgehead atoms. The van der Waals surface area contributed by atoms with Gasteiger partial charge in [0.1, 0.15) is 5.69 Å². The molecule has 0 aliphatic heterocycles. The van der Waals surface area contributed by atoms with E-state index in [2.05, 4.69) is 38.4 Å². The average Bonchev–Trinajstić information content (AvgIpc) is 2.67. The molecule has 0 radical (unpaired) electrons. The molecule has 14 heavy (non-hydrogen) atoms. The summed E-state index contributed by atoms with van der Waals surface area (Å²) in [4.78, 5) is 11.4. The zero-order valence-corrected chi connectivity index (χ0v) is 9.67. The van der Waals surface area contributed by atoms with E-state index in [4.69, 9.17) is 0 Å². The Balaban J connectivity index is 2.28. The quantitative estimate of drug-likeness (QED) is 0.789. The molecule has 2 N–H and O–H groups in total. The second-order valence-corrected chi connectivity index (χ2v) is 4.06. The van der Waals surface area contributed by atoms with Gasteiger partial charge in [-0.15, -0.1) is 0 Å². The van der Waals surface area contributed by atoms with Crippen LogP contribution in [0.4, 0.5) is 0 Å². The number of carbonyl (C=O) groups excluding carboxylic acids is 1. The Morgan fingerprint density at radius 1 is 1.79 bits per heavy atom. The van der Waals surface area contributed by atoms with Gasteiger partial charge in [-0.1, -0.05) is 22.9 Å². The van der Waals surface area contributed by atoms with Crippen molar-refractivity contribution >= 4 is 21.8 Å². The molecule has 0 spiro atoms. The summed E-state index contributed by atoms with van der Waals surface area (Å²) in [6.45, 7) is 2.80. The van der Waals surface area contributed by atoms with E-state index in [0.29, 0.717) is 18.2 Å². The van der Waals surface area contributed by atoms with Crippen molar-refractivity contribution in [1.29, 1.82) is 0 Å². The van der Waals surface area contributed by atoms with Gasteiger partial charge in [0.05, 0.1) is 0 Å². The second kappa shape index (κ2) is 5.80. The Bertz CT molecular complexity index is 274. The van der Waals surface area contributed by atoms with Gasteiger partial charge in [-0.05, 0) is 18.4 Å². The van der Waals surface area contributed by atoms with Gasteiger partial charge in [-0.3, -0.25) is 9.89 Å². The lowest BCUT2D eigenvalue weighted by atomic mass is 10.1. The third-order valence-corrected chi connectivity index (χ3v) is 2.42. The second-order valence-electron chi connectivity index (χ2n) is 3.26. The van der Waals surface area contributed by atoms with Crippen LogP contribution in [0.15, 0.2) is 12.3 Å². The summed E-state index contributed by atoms with van der Waals surface area (Å²) in [7, 11) is 0. The average molecular weight is 260 g/mol. The highest BCUT2D eigenvalue weighted by molar-refractivity contribution is 9.09. The topological polar surface area (TPSA) is 57.8 Å². The number of rotatable bonds is 5. The van der Waals surface area contributed by atoms with E-state index in [1.54, 1.807) is 12.3 Å². The third-order valence-electron chi connectivity index (χ3n) is 1.96. The van der Waals surface area contributed by atoms with Gasteiger partial charge < -0.3 is 5.32 Å². The summed E-state index contributed by atoms with van der Waals surface area (Å²) in [5, 5.41) is 10.1. The molecule has 1 rings (SSSR count). The Hall–Kier alpha value is -0.840. The van der Waals surface area contributed by atoms with Crippen LogP contribution in [0.25, 0.3) is 0 Å². The monoisotopic (exact) mass is 259 g/mol. The van der Waals surface area contributed by atoms with Gasteiger partial charge in [0, 0.05) is 18.1 Å². The van der Waals surface area contributed by atoms with Gasteiger partial charge in [0.2, 0.25) is 0 Å². The third kappa shape index (κ3) is 3.49. The molecule has 0 aliphatic rings. The lowest BCUT2D eigenvalue weighted by molar-refractivity contribution is 0.0943. The number of aromatic nitrogens is 2. The SMILES string of the molecule is CC(CCBr)CNC(=O)c1ccn[nH]1. The van der Waals surface area contributed by atoms with Crippen molar-refractivity contribution < 1.29 is 4.79 Å². The van der Waals surface area contributed by atoms with Gasteiger partial charge in [-0.25, -0.2) is 0 Å². The molecule has 0 aliphatic carbocycles. The van der Waals surface area contributed by atoms with E-state index in [1.807, 2.05) is 0 Å². The van der Waals surface area contributed by atoms with Crippen LogP contribution in [0.5, 0.6) is 0 Å². The number of carbonyl (C=O) groups is 1. The fourth-order valence-corrected chi connectivity index (χ4v) is 1.81.